The lowest BCUT2D eigenvalue weighted by atomic mass is 10.1. The van der Waals surface area contributed by atoms with Crippen LogP contribution in [0.5, 0.6) is 0 Å². The summed E-state index contributed by atoms with van der Waals surface area (Å²) in [6.07, 6.45) is 0.506. The predicted octanol–water partition coefficient (Wildman–Crippen LogP) is 2.81. The molecule has 0 aliphatic rings. The molecule has 128 valence electrons. The monoisotopic (exact) mass is 346 g/mol. The van der Waals surface area contributed by atoms with Gasteiger partial charge in [-0.3, -0.25) is 4.79 Å². The lowest BCUT2D eigenvalue weighted by Gasteiger charge is -2.12. The molecule has 0 saturated heterocycles. The molecule has 3 N–H and O–H groups in total. The van der Waals surface area contributed by atoms with E-state index in [0.29, 0.717) is 12.1 Å². The van der Waals surface area contributed by atoms with Crippen molar-refractivity contribution >= 4 is 21.4 Å². The number of nitrogens with two attached hydrogens (primary N) is 1. The van der Waals surface area contributed by atoms with Crippen molar-refractivity contribution in [3.05, 3.63) is 53.6 Å². The number of carbonyl (C=O) groups excluding carboxylic acids is 1. The molecule has 0 saturated carbocycles. The molecule has 0 fully saturated rings. The lowest BCUT2D eigenvalue weighted by molar-refractivity contribution is -0.117. The van der Waals surface area contributed by atoms with E-state index in [0.717, 1.165) is 11.1 Å². The molecule has 1 atom stereocenters. The zero-order valence-electron chi connectivity index (χ0n) is 14.0. The Morgan fingerprint density at radius 2 is 1.75 bits per heavy atom. The fourth-order valence-corrected chi connectivity index (χ4v) is 3.57. The number of benzene rings is 2. The van der Waals surface area contributed by atoms with E-state index in [9.17, 15) is 13.2 Å². The molecule has 5 nitrogen and oxygen atoms in total. The molecule has 0 bridgehead atoms. The Labute approximate surface area is 142 Å². The lowest BCUT2D eigenvalue weighted by Crippen LogP contribution is -2.34. The molecule has 2 aromatic rings. The summed E-state index contributed by atoms with van der Waals surface area (Å²) >= 11 is 0. The van der Waals surface area contributed by atoms with E-state index in [1.165, 1.54) is 12.1 Å². The molecular formula is C18H22N2O3S. The Bertz CT molecular complexity index is 860. The number of aryl methyl sites for hydroxylation is 2. The van der Waals surface area contributed by atoms with Crippen molar-refractivity contribution in [2.75, 3.05) is 5.32 Å². The van der Waals surface area contributed by atoms with Crippen LogP contribution in [0.1, 0.15) is 24.5 Å². The van der Waals surface area contributed by atoms with Gasteiger partial charge in [0.15, 0.2) is 0 Å². The average Bonchev–Trinajstić information content (AvgIpc) is 2.56. The number of carbonyl (C=O) groups is 1. The fraction of sp³-hybridized carbons (Fsp3) is 0.278. The van der Waals surface area contributed by atoms with Crippen LogP contribution in [0.15, 0.2) is 52.3 Å². The SMILES string of the molecule is CCC(N)C(=O)Nc1cccc(S(=O)(=O)c2ccc(C)c(C)c2)c1. The molecule has 2 rings (SSSR count). The van der Waals surface area contributed by atoms with Crippen LogP contribution in [0.3, 0.4) is 0 Å². The second kappa shape index (κ2) is 7.15. The zero-order valence-corrected chi connectivity index (χ0v) is 14.9. The Hall–Kier alpha value is -2.18. The minimum Gasteiger partial charge on any atom is -0.325 e. The smallest absolute Gasteiger partial charge is 0.241 e. The maximum absolute atomic E-state index is 12.8. The summed E-state index contributed by atoms with van der Waals surface area (Å²) in [5.41, 5.74) is 8.03. The van der Waals surface area contributed by atoms with Crippen LogP contribution in [0, 0.1) is 13.8 Å². The second-order valence-electron chi connectivity index (χ2n) is 5.78. The first-order valence-corrected chi connectivity index (χ1v) is 9.23. The van der Waals surface area contributed by atoms with Gasteiger partial charge in [0.2, 0.25) is 15.7 Å². The summed E-state index contributed by atoms with van der Waals surface area (Å²) < 4.78 is 25.6. The molecule has 2 aromatic carbocycles. The average molecular weight is 346 g/mol. The van der Waals surface area contributed by atoms with E-state index >= 15 is 0 Å². The van der Waals surface area contributed by atoms with Crippen LogP contribution in [0.2, 0.25) is 0 Å². The van der Waals surface area contributed by atoms with Crippen molar-refractivity contribution < 1.29 is 13.2 Å². The summed E-state index contributed by atoms with van der Waals surface area (Å²) in [6, 6.07) is 10.6. The van der Waals surface area contributed by atoms with Gasteiger partial charge in [0, 0.05) is 5.69 Å². The second-order valence-corrected chi connectivity index (χ2v) is 7.73. The van der Waals surface area contributed by atoms with Crippen molar-refractivity contribution in [1.82, 2.24) is 0 Å². The van der Waals surface area contributed by atoms with Crippen molar-refractivity contribution in [2.24, 2.45) is 5.73 Å². The van der Waals surface area contributed by atoms with Crippen LogP contribution in [-0.2, 0) is 14.6 Å². The highest BCUT2D eigenvalue weighted by molar-refractivity contribution is 7.91. The van der Waals surface area contributed by atoms with E-state index in [1.807, 2.05) is 20.8 Å². The van der Waals surface area contributed by atoms with Crippen LogP contribution in [0.4, 0.5) is 5.69 Å². The molecule has 1 amide bonds. The third kappa shape index (κ3) is 3.83. The van der Waals surface area contributed by atoms with Gasteiger partial charge in [0.1, 0.15) is 0 Å². The summed E-state index contributed by atoms with van der Waals surface area (Å²) in [5, 5.41) is 2.65. The van der Waals surface area contributed by atoms with Gasteiger partial charge in [-0.2, -0.15) is 0 Å². The Morgan fingerprint density at radius 1 is 1.08 bits per heavy atom. The van der Waals surface area contributed by atoms with Gasteiger partial charge >= 0.3 is 0 Å². The quantitative estimate of drug-likeness (QED) is 0.871. The molecule has 6 heteroatoms. The number of nitrogens with one attached hydrogen (secondary N) is 1. The molecule has 0 aromatic heterocycles. The Morgan fingerprint density at radius 3 is 2.38 bits per heavy atom. The molecule has 1 unspecified atom stereocenters. The number of sulfone groups is 1. The first kappa shape index (κ1) is 18.2. The molecule has 0 radical (unpaired) electrons. The van der Waals surface area contributed by atoms with Crippen LogP contribution in [-0.4, -0.2) is 20.4 Å². The minimum absolute atomic E-state index is 0.133. The first-order valence-electron chi connectivity index (χ1n) is 7.74. The van der Waals surface area contributed by atoms with Gasteiger partial charge in [-0.15, -0.1) is 0 Å². The molecule has 0 aliphatic carbocycles. The van der Waals surface area contributed by atoms with Crippen molar-refractivity contribution in [3.8, 4) is 0 Å². The first-order chi connectivity index (χ1) is 11.3. The molecule has 24 heavy (non-hydrogen) atoms. The number of anilines is 1. The molecule has 0 spiro atoms. The summed E-state index contributed by atoms with van der Waals surface area (Å²) in [7, 11) is -3.64. The summed E-state index contributed by atoms with van der Waals surface area (Å²) in [4.78, 5) is 12.2. The number of rotatable bonds is 5. The number of amides is 1. The van der Waals surface area contributed by atoms with Crippen LogP contribution in [0.25, 0.3) is 0 Å². The van der Waals surface area contributed by atoms with E-state index < -0.39 is 15.9 Å². The maximum atomic E-state index is 12.8. The predicted molar refractivity (Wildman–Crippen MR) is 94.7 cm³/mol. The summed E-state index contributed by atoms with van der Waals surface area (Å²) in [6.45, 7) is 5.61. The fourth-order valence-electron chi connectivity index (χ4n) is 2.18. The van der Waals surface area contributed by atoms with Gasteiger partial charge in [-0.1, -0.05) is 19.1 Å². The maximum Gasteiger partial charge on any atom is 0.241 e. The van der Waals surface area contributed by atoms with Crippen molar-refractivity contribution in [3.63, 3.8) is 0 Å². The molecular weight excluding hydrogens is 324 g/mol. The molecule has 0 heterocycles. The topological polar surface area (TPSA) is 89.3 Å². The van der Waals surface area contributed by atoms with Gasteiger partial charge < -0.3 is 11.1 Å². The van der Waals surface area contributed by atoms with Crippen molar-refractivity contribution in [2.45, 2.75) is 43.0 Å². The van der Waals surface area contributed by atoms with Gasteiger partial charge in [0.25, 0.3) is 0 Å². The van der Waals surface area contributed by atoms with Crippen LogP contribution >= 0.6 is 0 Å². The highest BCUT2D eigenvalue weighted by atomic mass is 32.2. The third-order valence-electron chi connectivity index (χ3n) is 3.98. The normalized spacial score (nSPS) is 12.7. The van der Waals surface area contributed by atoms with E-state index in [1.54, 1.807) is 30.3 Å². The largest absolute Gasteiger partial charge is 0.325 e. The van der Waals surface area contributed by atoms with E-state index in [4.69, 9.17) is 5.73 Å². The van der Waals surface area contributed by atoms with E-state index in [2.05, 4.69) is 5.32 Å². The highest BCUT2D eigenvalue weighted by Gasteiger charge is 2.19. The standard InChI is InChI=1S/C18H22N2O3S/c1-4-17(19)18(21)20-14-6-5-7-15(11-14)24(22,23)16-9-8-12(2)13(3)10-16/h5-11,17H,4,19H2,1-3H3,(H,20,21). The Balaban J connectivity index is 2.36. The van der Waals surface area contributed by atoms with Gasteiger partial charge in [-0.05, 0) is 61.7 Å². The van der Waals surface area contributed by atoms with Gasteiger partial charge in [-0.25, -0.2) is 8.42 Å². The van der Waals surface area contributed by atoms with Crippen LogP contribution < -0.4 is 11.1 Å². The minimum atomic E-state index is -3.64. The molecule has 0 aliphatic heterocycles. The Kier molecular flexibility index (Phi) is 5.41. The van der Waals surface area contributed by atoms with Gasteiger partial charge in [0.05, 0.1) is 15.8 Å². The zero-order chi connectivity index (χ0) is 17.9. The number of hydrogen-bond acceptors (Lipinski definition) is 4. The highest BCUT2D eigenvalue weighted by Crippen LogP contribution is 2.25. The van der Waals surface area contributed by atoms with E-state index in [-0.39, 0.29) is 15.7 Å². The third-order valence-corrected chi connectivity index (χ3v) is 5.73. The summed E-state index contributed by atoms with van der Waals surface area (Å²) in [5.74, 6) is -0.335. The number of hydrogen-bond donors (Lipinski definition) is 2. The van der Waals surface area contributed by atoms with Crippen molar-refractivity contribution in [1.29, 1.82) is 0 Å².